The van der Waals surface area contributed by atoms with Gasteiger partial charge in [-0.1, -0.05) is 13.8 Å². The molecule has 0 amide bonds. The van der Waals surface area contributed by atoms with Crippen LogP contribution in [-0.4, -0.2) is 21.0 Å². The third-order valence-electron chi connectivity index (χ3n) is 1.77. The van der Waals surface area contributed by atoms with E-state index in [1.807, 2.05) is 13.8 Å². The van der Waals surface area contributed by atoms with E-state index in [0.29, 0.717) is 5.56 Å². The smallest absolute Gasteiger partial charge is 0.355 e. The highest BCUT2D eigenvalue weighted by Crippen LogP contribution is 2.23. The number of nitrogens with zero attached hydrogens (tertiary/aromatic N) is 2. The van der Waals surface area contributed by atoms with Crippen LogP contribution >= 0.6 is 0 Å². The molecule has 1 aromatic rings. The van der Waals surface area contributed by atoms with Gasteiger partial charge in [-0.3, -0.25) is 0 Å². The normalized spacial score (nSPS) is 10.5. The zero-order valence-corrected chi connectivity index (χ0v) is 7.98. The number of nitrogen functional groups attached to an aromatic ring is 2. The van der Waals surface area contributed by atoms with Crippen LogP contribution in [0.25, 0.3) is 0 Å². The van der Waals surface area contributed by atoms with Crippen LogP contribution in [0.2, 0.25) is 0 Å². The lowest BCUT2D eigenvalue weighted by Crippen LogP contribution is -2.14. The monoisotopic (exact) mass is 196 g/mol. The zero-order valence-electron chi connectivity index (χ0n) is 7.98. The Kier molecular flexibility index (Phi) is 2.55. The number of nitrogens with two attached hydrogens (primary N) is 2. The van der Waals surface area contributed by atoms with Crippen LogP contribution < -0.4 is 11.5 Å². The summed E-state index contributed by atoms with van der Waals surface area (Å²) in [4.78, 5) is 18.2. The predicted molar refractivity (Wildman–Crippen MR) is 51.9 cm³/mol. The molecule has 1 rings (SSSR count). The molecule has 6 nitrogen and oxygen atoms in total. The van der Waals surface area contributed by atoms with Crippen LogP contribution in [0.15, 0.2) is 0 Å². The quantitative estimate of drug-likeness (QED) is 0.633. The van der Waals surface area contributed by atoms with Crippen molar-refractivity contribution in [2.45, 2.75) is 19.8 Å². The fourth-order valence-electron chi connectivity index (χ4n) is 1.24. The summed E-state index contributed by atoms with van der Waals surface area (Å²) in [6.07, 6.45) is 0. The number of hydrogen-bond donors (Lipinski definition) is 3. The molecule has 0 bridgehead atoms. The Morgan fingerprint density at radius 1 is 1.36 bits per heavy atom. The van der Waals surface area contributed by atoms with Gasteiger partial charge in [0.05, 0.1) is 0 Å². The summed E-state index contributed by atoms with van der Waals surface area (Å²) in [5, 5.41) is 8.86. The Hall–Kier alpha value is -1.85. The molecule has 0 aliphatic carbocycles. The molecule has 0 radical (unpaired) electrons. The standard InChI is InChI=1S/C8H12N4O2/c1-3(2)4-5(7(13)14)11-8(10)12-6(4)9/h3H,1-2H3,(H,13,14)(H4,9,10,11,12). The zero-order chi connectivity index (χ0) is 10.9. The molecule has 1 heterocycles. The second-order valence-electron chi connectivity index (χ2n) is 3.19. The average molecular weight is 196 g/mol. The molecule has 14 heavy (non-hydrogen) atoms. The average Bonchev–Trinajstić information content (AvgIpc) is 2.01. The second-order valence-corrected chi connectivity index (χ2v) is 3.19. The van der Waals surface area contributed by atoms with E-state index in [9.17, 15) is 4.79 Å². The van der Waals surface area contributed by atoms with Gasteiger partial charge in [0.15, 0.2) is 5.69 Å². The molecule has 0 fully saturated rings. The minimum Gasteiger partial charge on any atom is -0.476 e. The van der Waals surface area contributed by atoms with Crippen molar-refractivity contribution in [3.63, 3.8) is 0 Å². The van der Waals surface area contributed by atoms with E-state index in [1.54, 1.807) is 0 Å². The number of carboxylic acid groups (broad SMARTS) is 1. The Bertz CT molecular complexity index is 376. The fourth-order valence-corrected chi connectivity index (χ4v) is 1.24. The topological polar surface area (TPSA) is 115 Å². The lowest BCUT2D eigenvalue weighted by Gasteiger charge is -2.11. The maximum absolute atomic E-state index is 10.8. The maximum Gasteiger partial charge on any atom is 0.355 e. The lowest BCUT2D eigenvalue weighted by molar-refractivity contribution is 0.0688. The van der Waals surface area contributed by atoms with Crippen LogP contribution in [0.1, 0.15) is 35.8 Å². The van der Waals surface area contributed by atoms with E-state index in [-0.39, 0.29) is 23.4 Å². The van der Waals surface area contributed by atoms with Gasteiger partial charge in [-0.25, -0.2) is 9.78 Å². The van der Waals surface area contributed by atoms with Gasteiger partial charge in [0, 0.05) is 5.56 Å². The highest BCUT2D eigenvalue weighted by molar-refractivity contribution is 5.89. The van der Waals surface area contributed by atoms with Crippen molar-refractivity contribution in [1.29, 1.82) is 0 Å². The van der Waals surface area contributed by atoms with Gasteiger partial charge in [-0.05, 0) is 5.92 Å². The summed E-state index contributed by atoms with van der Waals surface area (Å²) in [6.45, 7) is 3.63. The molecular formula is C8H12N4O2. The third-order valence-corrected chi connectivity index (χ3v) is 1.77. The van der Waals surface area contributed by atoms with Crippen molar-refractivity contribution in [2.24, 2.45) is 0 Å². The number of anilines is 2. The molecular weight excluding hydrogens is 184 g/mol. The Labute approximate surface area is 81.0 Å². The largest absolute Gasteiger partial charge is 0.476 e. The van der Waals surface area contributed by atoms with Gasteiger partial charge >= 0.3 is 5.97 Å². The first-order chi connectivity index (χ1) is 6.43. The van der Waals surface area contributed by atoms with Gasteiger partial charge in [0.2, 0.25) is 5.95 Å². The van der Waals surface area contributed by atoms with Crippen LogP contribution in [0.3, 0.4) is 0 Å². The van der Waals surface area contributed by atoms with Gasteiger partial charge in [-0.15, -0.1) is 0 Å². The van der Waals surface area contributed by atoms with Gasteiger partial charge < -0.3 is 16.6 Å². The van der Waals surface area contributed by atoms with E-state index < -0.39 is 5.97 Å². The van der Waals surface area contributed by atoms with Crippen molar-refractivity contribution in [1.82, 2.24) is 9.97 Å². The maximum atomic E-state index is 10.8. The van der Waals surface area contributed by atoms with E-state index in [0.717, 1.165) is 0 Å². The number of carbonyl (C=O) groups is 1. The third kappa shape index (κ3) is 1.73. The van der Waals surface area contributed by atoms with Gasteiger partial charge in [0.25, 0.3) is 0 Å². The Morgan fingerprint density at radius 3 is 2.36 bits per heavy atom. The highest BCUT2D eigenvalue weighted by Gasteiger charge is 2.19. The molecule has 0 unspecified atom stereocenters. The number of aromatic nitrogens is 2. The van der Waals surface area contributed by atoms with Crippen molar-refractivity contribution < 1.29 is 9.90 Å². The summed E-state index contributed by atoms with van der Waals surface area (Å²) < 4.78 is 0. The SMILES string of the molecule is CC(C)c1c(N)nc(N)nc1C(=O)O. The first-order valence-electron chi connectivity index (χ1n) is 4.09. The van der Waals surface area contributed by atoms with E-state index in [1.165, 1.54) is 0 Å². The summed E-state index contributed by atoms with van der Waals surface area (Å²) >= 11 is 0. The molecule has 6 heteroatoms. The number of rotatable bonds is 2. The molecule has 1 aromatic heterocycles. The van der Waals surface area contributed by atoms with Crippen LogP contribution in [0.5, 0.6) is 0 Å². The van der Waals surface area contributed by atoms with E-state index >= 15 is 0 Å². The first kappa shape index (κ1) is 10.2. The van der Waals surface area contributed by atoms with E-state index in [2.05, 4.69) is 9.97 Å². The van der Waals surface area contributed by atoms with Gasteiger partial charge in [-0.2, -0.15) is 4.98 Å². The number of carboxylic acids is 1. The van der Waals surface area contributed by atoms with Crippen molar-refractivity contribution in [2.75, 3.05) is 11.5 Å². The molecule has 0 saturated heterocycles. The molecule has 0 aromatic carbocycles. The fraction of sp³-hybridized carbons (Fsp3) is 0.375. The number of hydrogen-bond acceptors (Lipinski definition) is 5. The lowest BCUT2D eigenvalue weighted by atomic mass is 10.0. The minimum absolute atomic E-state index is 0.0540. The van der Waals surface area contributed by atoms with Crippen LogP contribution in [-0.2, 0) is 0 Å². The first-order valence-corrected chi connectivity index (χ1v) is 4.09. The Balaban J connectivity index is 3.44. The Morgan fingerprint density at radius 2 is 1.93 bits per heavy atom. The summed E-state index contributed by atoms with van der Waals surface area (Å²) in [5.74, 6) is -1.19. The van der Waals surface area contributed by atoms with Gasteiger partial charge in [0.1, 0.15) is 5.82 Å². The molecule has 0 spiro atoms. The molecule has 0 saturated carbocycles. The van der Waals surface area contributed by atoms with Crippen molar-refractivity contribution >= 4 is 17.7 Å². The highest BCUT2D eigenvalue weighted by atomic mass is 16.4. The molecule has 5 N–H and O–H groups in total. The molecule has 0 aliphatic rings. The summed E-state index contributed by atoms with van der Waals surface area (Å²) in [6, 6.07) is 0. The summed E-state index contributed by atoms with van der Waals surface area (Å²) in [5.41, 5.74) is 11.2. The molecule has 0 atom stereocenters. The molecule has 0 aliphatic heterocycles. The second kappa shape index (κ2) is 3.49. The summed E-state index contributed by atoms with van der Waals surface area (Å²) in [7, 11) is 0. The predicted octanol–water partition coefficient (Wildman–Crippen LogP) is 0.463. The van der Waals surface area contributed by atoms with Crippen LogP contribution in [0, 0.1) is 0 Å². The number of aromatic carboxylic acids is 1. The van der Waals surface area contributed by atoms with Crippen LogP contribution in [0.4, 0.5) is 11.8 Å². The van der Waals surface area contributed by atoms with Crippen molar-refractivity contribution in [3.05, 3.63) is 11.3 Å². The van der Waals surface area contributed by atoms with Crippen molar-refractivity contribution in [3.8, 4) is 0 Å². The molecule has 76 valence electrons. The van der Waals surface area contributed by atoms with E-state index in [4.69, 9.17) is 16.6 Å². The minimum atomic E-state index is -1.14.